The van der Waals surface area contributed by atoms with Crippen LogP contribution in [0.25, 0.3) is 0 Å². The molecule has 0 aliphatic carbocycles. The van der Waals surface area contributed by atoms with E-state index in [1.165, 1.54) is 11.1 Å². The number of benzene rings is 1. The second-order valence-corrected chi connectivity index (χ2v) is 6.29. The van der Waals surface area contributed by atoms with E-state index in [0.29, 0.717) is 12.0 Å². The summed E-state index contributed by atoms with van der Waals surface area (Å²) in [6, 6.07) is 13.3. The smallest absolute Gasteiger partial charge is 0.113 e. The van der Waals surface area contributed by atoms with Crippen LogP contribution in [0.2, 0.25) is 0 Å². The molecule has 0 spiro atoms. The van der Waals surface area contributed by atoms with E-state index in [1.54, 1.807) is 6.26 Å². The first kappa shape index (κ1) is 15.2. The van der Waals surface area contributed by atoms with Gasteiger partial charge >= 0.3 is 0 Å². The topological polar surface area (TPSA) is 25.2 Å². The highest BCUT2D eigenvalue weighted by molar-refractivity contribution is 7.98. The first-order chi connectivity index (χ1) is 9.70. The zero-order chi connectivity index (χ0) is 14.4. The Labute approximate surface area is 126 Å². The zero-order valence-corrected chi connectivity index (χ0v) is 13.2. The standard InChI is InChI=1S/C17H23NOS/c1-13(2)14-6-8-15(9-7-14)17(18-3)12-20-11-16-5-4-10-19-16/h4-10,13,17-18H,11-12H2,1-3H3. The highest BCUT2D eigenvalue weighted by Gasteiger charge is 2.10. The Kier molecular flexibility index (Phi) is 5.74. The highest BCUT2D eigenvalue weighted by atomic mass is 32.2. The second-order valence-electron chi connectivity index (χ2n) is 5.26. The third kappa shape index (κ3) is 4.15. The molecule has 0 radical (unpaired) electrons. The SMILES string of the molecule is CNC(CSCc1ccco1)c1ccc(C(C)C)cc1. The van der Waals surface area contributed by atoms with Crippen molar-refractivity contribution in [2.75, 3.05) is 12.8 Å². The van der Waals surface area contributed by atoms with E-state index in [2.05, 4.69) is 43.4 Å². The molecule has 0 saturated heterocycles. The lowest BCUT2D eigenvalue weighted by atomic mass is 10.00. The largest absolute Gasteiger partial charge is 0.468 e. The molecule has 1 N–H and O–H groups in total. The Balaban J connectivity index is 1.90. The second kappa shape index (κ2) is 7.55. The zero-order valence-electron chi connectivity index (χ0n) is 12.4. The molecule has 0 bridgehead atoms. The molecule has 0 aliphatic rings. The fourth-order valence-electron chi connectivity index (χ4n) is 2.13. The van der Waals surface area contributed by atoms with Gasteiger partial charge in [0.25, 0.3) is 0 Å². The van der Waals surface area contributed by atoms with E-state index in [4.69, 9.17) is 4.42 Å². The van der Waals surface area contributed by atoms with Crippen molar-refractivity contribution in [3.63, 3.8) is 0 Å². The van der Waals surface area contributed by atoms with Crippen molar-refractivity contribution in [3.8, 4) is 0 Å². The summed E-state index contributed by atoms with van der Waals surface area (Å²) in [7, 11) is 2.02. The fraction of sp³-hybridized carbons (Fsp3) is 0.412. The molecule has 2 rings (SSSR count). The third-order valence-electron chi connectivity index (χ3n) is 3.46. The maximum absolute atomic E-state index is 5.36. The van der Waals surface area contributed by atoms with E-state index < -0.39 is 0 Å². The first-order valence-electron chi connectivity index (χ1n) is 7.08. The molecule has 1 unspecified atom stereocenters. The molecule has 20 heavy (non-hydrogen) atoms. The van der Waals surface area contributed by atoms with Crippen LogP contribution in [0.4, 0.5) is 0 Å². The van der Waals surface area contributed by atoms with Gasteiger partial charge in [0, 0.05) is 11.8 Å². The van der Waals surface area contributed by atoms with Gasteiger partial charge in [0.15, 0.2) is 0 Å². The molecule has 0 amide bonds. The number of nitrogens with one attached hydrogen (secondary N) is 1. The normalized spacial score (nSPS) is 12.8. The quantitative estimate of drug-likeness (QED) is 0.806. The van der Waals surface area contributed by atoms with E-state index in [0.717, 1.165) is 17.3 Å². The summed E-state index contributed by atoms with van der Waals surface area (Å²) in [6.45, 7) is 4.45. The van der Waals surface area contributed by atoms with E-state index in [1.807, 2.05) is 30.9 Å². The molecule has 108 valence electrons. The van der Waals surface area contributed by atoms with Crippen LogP contribution in [-0.4, -0.2) is 12.8 Å². The fourth-order valence-corrected chi connectivity index (χ4v) is 3.21. The summed E-state index contributed by atoms with van der Waals surface area (Å²) in [6.07, 6.45) is 1.73. The van der Waals surface area contributed by atoms with Crippen molar-refractivity contribution in [2.45, 2.75) is 31.6 Å². The number of furan rings is 1. The van der Waals surface area contributed by atoms with Crippen molar-refractivity contribution >= 4 is 11.8 Å². The minimum absolute atomic E-state index is 0.385. The van der Waals surface area contributed by atoms with Gasteiger partial charge in [0.1, 0.15) is 5.76 Å². The molecule has 1 aromatic carbocycles. The van der Waals surface area contributed by atoms with Crippen LogP contribution in [0.3, 0.4) is 0 Å². The van der Waals surface area contributed by atoms with E-state index in [-0.39, 0.29) is 0 Å². The monoisotopic (exact) mass is 289 g/mol. The first-order valence-corrected chi connectivity index (χ1v) is 8.23. The predicted molar refractivity (Wildman–Crippen MR) is 87.2 cm³/mol. The molecule has 1 atom stereocenters. The summed E-state index contributed by atoms with van der Waals surface area (Å²) in [5.74, 6) is 3.60. The lowest BCUT2D eigenvalue weighted by Crippen LogP contribution is -2.18. The Morgan fingerprint density at radius 1 is 1.10 bits per heavy atom. The molecule has 1 aromatic heterocycles. The average molecular weight is 289 g/mol. The Morgan fingerprint density at radius 2 is 1.80 bits per heavy atom. The minimum Gasteiger partial charge on any atom is -0.468 e. The molecule has 0 aliphatic heterocycles. The van der Waals surface area contributed by atoms with Crippen LogP contribution in [0, 0.1) is 0 Å². The number of thioether (sulfide) groups is 1. The van der Waals surface area contributed by atoms with Crippen LogP contribution in [0.1, 0.15) is 42.7 Å². The number of rotatable bonds is 7. The van der Waals surface area contributed by atoms with Gasteiger partial charge in [-0.25, -0.2) is 0 Å². The van der Waals surface area contributed by atoms with Crippen molar-refractivity contribution in [1.29, 1.82) is 0 Å². The summed E-state index contributed by atoms with van der Waals surface area (Å²) in [5, 5.41) is 3.40. The van der Waals surface area contributed by atoms with Gasteiger partial charge in [-0.05, 0) is 36.2 Å². The molecule has 2 nitrogen and oxygen atoms in total. The summed E-state index contributed by atoms with van der Waals surface area (Å²) < 4.78 is 5.36. The summed E-state index contributed by atoms with van der Waals surface area (Å²) in [5.41, 5.74) is 2.75. The van der Waals surface area contributed by atoms with Crippen molar-refractivity contribution in [2.24, 2.45) is 0 Å². The molecule has 2 aromatic rings. The summed E-state index contributed by atoms with van der Waals surface area (Å²) in [4.78, 5) is 0. The predicted octanol–water partition coefficient (Wildman–Crippen LogP) is 4.60. The van der Waals surface area contributed by atoms with Gasteiger partial charge in [0.05, 0.1) is 12.0 Å². The van der Waals surface area contributed by atoms with E-state index >= 15 is 0 Å². The molecule has 3 heteroatoms. The molecular formula is C17H23NOS. The maximum atomic E-state index is 5.36. The lowest BCUT2D eigenvalue weighted by molar-refractivity contribution is 0.530. The van der Waals surface area contributed by atoms with Gasteiger partial charge in [-0.15, -0.1) is 0 Å². The molecule has 1 heterocycles. The van der Waals surface area contributed by atoms with Crippen molar-refractivity contribution < 1.29 is 4.42 Å². The molecule has 0 fully saturated rings. The van der Waals surface area contributed by atoms with Crippen LogP contribution in [0.5, 0.6) is 0 Å². The maximum Gasteiger partial charge on any atom is 0.113 e. The van der Waals surface area contributed by atoms with Gasteiger partial charge in [0.2, 0.25) is 0 Å². The van der Waals surface area contributed by atoms with Crippen LogP contribution >= 0.6 is 11.8 Å². The number of hydrogen-bond acceptors (Lipinski definition) is 3. The van der Waals surface area contributed by atoms with Gasteiger partial charge in [-0.3, -0.25) is 0 Å². The van der Waals surface area contributed by atoms with Crippen molar-refractivity contribution in [3.05, 3.63) is 59.5 Å². The minimum atomic E-state index is 0.385. The highest BCUT2D eigenvalue weighted by Crippen LogP contribution is 2.23. The van der Waals surface area contributed by atoms with Crippen LogP contribution in [0.15, 0.2) is 47.1 Å². The Bertz CT molecular complexity index is 490. The molecule has 0 saturated carbocycles. The Morgan fingerprint density at radius 3 is 2.35 bits per heavy atom. The van der Waals surface area contributed by atoms with Gasteiger partial charge in [-0.2, -0.15) is 11.8 Å². The average Bonchev–Trinajstić information content (AvgIpc) is 2.97. The van der Waals surface area contributed by atoms with Gasteiger partial charge in [-0.1, -0.05) is 38.1 Å². The van der Waals surface area contributed by atoms with Crippen molar-refractivity contribution in [1.82, 2.24) is 5.32 Å². The van der Waals surface area contributed by atoms with Gasteiger partial charge < -0.3 is 9.73 Å². The third-order valence-corrected chi connectivity index (χ3v) is 4.52. The lowest BCUT2D eigenvalue weighted by Gasteiger charge is -2.17. The van der Waals surface area contributed by atoms with Crippen LogP contribution < -0.4 is 5.32 Å². The summed E-state index contributed by atoms with van der Waals surface area (Å²) >= 11 is 1.89. The van der Waals surface area contributed by atoms with Crippen LogP contribution in [-0.2, 0) is 5.75 Å². The number of hydrogen-bond donors (Lipinski definition) is 1. The Hall–Kier alpha value is -1.19. The van der Waals surface area contributed by atoms with E-state index in [9.17, 15) is 0 Å². The molecular weight excluding hydrogens is 266 g/mol.